The molecular formula is C42H71N11O8. The summed E-state index contributed by atoms with van der Waals surface area (Å²) in [4.78, 5) is 110. The van der Waals surface area contributed by atoms with E-state index in [9.17, 15) is 38.4 Å². The molecule has 19 nitrogen and oxygen atoms in total. The Morgan fingerprint density at radius 3 is 1.79 bits per heavy atom. The molecule has 0 aliphatic carbocycles. The summed E-state index contributed by atoms with van der Waals surface area (Å²) >= 11 is 0. The summed E-state index contributed by atoms with van der Waals surface area (Å²) in [5.41, 5.74) is 24.1. The van der Waals surface area contributed by atoms with Crippen LogP contribution in [0.15, 0.2) is 30.3 Å². The Balaban J connectivity index is 2.69. The van der Waals surface area contributed by atoms with Gasteiger partial charge in [-0.3, -0.25) is 38.4 Å². The van der Waals surface area contributed by atoms with E-state index in [1.165, 1.54) is 0 Å². The Morgan fingerprint density at radius 2 is 1.25 bits per heavy atom. The number of nitrogens with two attached hydrogens (primary N) is 4. The number of ketones is 1. The molecule has 15 N–H and O–H groups in total. The Kier molecular flexibility index (Phi) is 23.1. The molecule has 8 atom stereocenters. The van der Waals surface area contributed by atoms with Gasteiger partial charge >= 0.3 is 0 Å². The molecule has 1 aromatic rings. The van der Waals surface area contributed by atoms with Gasteiger partial charge in [0.2, 0.25) is 41.4 Å². The highest BCUT2D eigenvalue weighted by Gasteiger charge is 2.35. The summed E-state index contributed by atoms with van der Waals surface area (Å²) in [5, 5.41) is 19.0. The second-order valence-corrected chi connectivity index (χ2v) is 16.4. The molecule has 1 aromatic carbocycles. The highest BCUT2D eigenvalue weighted by Crippen LogP contribution is 2.19. The van der Waals surface area contributed by atoms with Crippen molar-refractivity contribution in [3.8, 4) is 0 Å². The SMILES string of the molecule is CCC[C@@H]1NC(=O)[C@H](CCN)NC(=O)[C@H](CC(C)C)CC(=O)[C@@H](Cc2ccccc2)NC(=O)[C@H](CCN)NC(=O)[C@@H](NC(=O)[C@H](N)CCN)CCNC(=O)[C@H](C(C)C)NC1=O. The molecule has 7 amide bonds. The average Bonchev–Trinajstić information content (AvgIpc) is 3.20. The minimum Gasteiger partial charge on any atom is -0.354 e. The van der Waals surface area contributed by atoms with Crippen LogP contribution >= 0.6 is 0 Å². The number of benzene rings is 1. The van der Waals surface area contributed by atoms with Crippen molar-refractivity contribution >= 4 is 47.1 Å². The van der Waals surface area contributed by atoms with Crippen LogP contribution in [0.5, 0.6) is 0 Å². The van der Waals surface area contributed by atoms with Crippen LogP contribution in [0.1, 0.15) is 91.5 Å². The zero-order chi connectivity index (χ0) is 45.6. The van der Waals surface area contributed by atoms with Gasteiger partial charge in [-0.1, -0.05) is 71.4 Å². The van der Waals surface area contributed by atoms with Crippen molar-refractivity contribution < 1.29 is 38.4 Å². The van der Waals surface area contributed by atoms with Crippen molar-refractivity contribution in [1.29, 1.82) is 0 Å². The lowest BCUT2D eigenvalue weighted by Gasteiger charge is -2.28. The van der Waals surface area contributed by atoms with Gasteiger partial charge in [0, 0.05) is 18.9 Å². The third kappa shape index (κ3) is 17.9. The highest BCUT2D eigenvalue weighted by molar-refractivity contribution is 5.98. The van der Waals surface area contributed by atoms with Crippen LogP contribution in [0, 0.1) is 17.8 Å². The Morgan fingerprint density at radius 1 is 0.705 bits per heavy atom. The predicted molar refractivity (Wildman–Crippen MR) is 231 cm³/mol. The Labute approximate surface area is 359 Å². The van der Waals surface area contributed by atoms with Crippen molar-refractivity contribution in [2.45, 2.75) is 135 Å². The molecule has 0 saturated carbocycles. The first-order chi connectivity index (χ1) is 28.9. The Bertz CT molecular complexity index is 1610. The van der Waals surface area contributed by atoms with Crippen LogP contribution in [0.4, 0.5) is 0 Å². The molecule has 1 aliphatic rings. The lowest BCUT2D eigenvalue weighted by molar-refractivity contribution is -0.136. The molecule has 0 unspecified atom stereocenters. The molecule has 61 heavy (non-hydrogen) atoms. The standard InChI is InChI=1S/C42H71N11O8/c1-6-10-29-41(60)53-35(25(4)5)42(61)47-20-16-32(49-37(56)28(46)13-17-43)40(59)51-31(15-19-45)39(58)52-33(22-26-11-8-7-9-12-26)34(54)23-27(21-24(2)3)36(55)48-30(14-18-44)38(57)50-29/h7-9,11-12,24-25,27-33,35H,6,10,13-23,43-46H2,1-5H3,(H,47,61)(H,48,55)(H,49,56)(H,50,57)(H,51,59)(H,52,58)(H,53,60)/t27-,28-,29+,30+,31+,32+,33-,35+/m1/s1. The molecule has 1 heterocycles. The third-order valence-corrected chi connectivity index (χ3v) is 10.4. The second kappa shape index (κ2) is 27.1. The number of hydrogen-bond donors (Lipinski definition) is 11. The van der Waals surface area contributed by atoms with Crippen LogP contribution in [0.25, 0.3) is 0 Å². The average molecular weight is 858 g/mol. The molecule has 2 rings (SSSR count). The number of carbonyl (C=O) groups is 8. The second-order valence-electron chi connectivity index (χ2n) is 16.4. The van der Waals surface area contributed by atoms with E-state index in [0.717, 1.165) is 0 Å². The maximum atomic E-state index is 14.3. The number of hydrogen-bond acceptors (Lipinski definition) is 12. The van der Waals surface area contributed by atoms with E-state index in [4.69, 9.17) is 22.9 Å². The largest absolute Gasteiger partial charge is 0.354 e. The molecular weight excluding hydrogens is 787 g/mol. The fourth-order valence-electron chi connectivity index (χ4n) is 6.96. The lowest BCUT2D eigenvalue weighted by atomic mass is 9.88. The van der Waals surface area contributed by atoms with Gasteiger partial charge in [0.05, 0.1) is 12.1 Å². The van der Waals surface area contributed by atoms with E-state index in [2.05, 4.69) is 37.2 Å². The van der Waals surface area contributed by atoms with E-state index in [-0.39, 0.29) is 83.5 Å². The van der Waals surface area contributed by atoms with E-state index >= 15 is 0 Å². The van der Waals surface area contributed by atoms with Crippen molar-refractivity contribution in [3.63, 3.8) is 0 Å². The summed E-state index contributed by atoms with van der Waals surface area (Å²) in [6, 6.07) is 0.857. The first kappa shape index (κ1) is 52.2. The molecule has 0 radical (unpaired) electrons. The topological polar surface area (TPSA) is 325 Å². The molecule has 0 spiro atoms. The van der Waals surface area contributed by atoms with E-state index in [1.54, 1.807) is 44.2 Å². The molecule has 0 aromatic heterocycles. The van der Waals surface area contributed by atoms with Gasteiger partial charge in [0.25, 0.3) is 0 Å². The summed E-state index contributed by atoms with van der Waals surface area (Å²) in [6.45, 7) is 8.95. The first-order valence-electron chi connectivity index (χ1n) is 21.5. The van der Waals surface area contributed by atoms with Crippen molar-refractivity contribution in [2.75, 3.05) is 26.2 Å². The lowest BCUT2D eigenvalue weighted by Crippen LogP contribution is -2.59. The fraction of sp³-hybridized carbons (Fsp3) is 0.667. The normalized spacial score (nSPS) is 25.1. The quantitative estimate of drug-likeness (QED) is 0.0923. The van der Waals surface area contributed by atoms with E-state index < -0.39 is 101 Å². The predicted octanol–water partition coefficient (Wildman–Crippen LogP) is -1.89. The van der Waals surface area contributed by atoms with Gasteiger partial charge in [-0.05, 0) is 82.0 Å². The maximum Gasteiger partial charge on any atom is 0.243 e. The minimum absolute atomic E-state index is 0.0170. The van der Waals surface area contributed by atoms with Crippen LogP contribution in [-0.4, -0.2) is 116 Å². The number of nitrogens with one attached hydrogen (secondary N) is 7. The van der Waals surface area contributed by atoms with E-state index in [0.29, 0.717) is 12.0 Å². The molecule has 0 bridgehead atoms. The van der Waals surface area contributed by atoms with Crippen LogP contribution in [0.3, 0.4) is 0 Å². The van der Waals surface area contributed by atoms with Crippen LogP contribution in [-0.2, 0) is 44.8 Å². The monoisotopic (exact) mass is 858 g/mol. The van der Waals surface area contributed by atoms with Crippen molar-refractivity contribution in [2.24, 2.45) is 40.7 Å². The summed E-state index contributed by atoms with van der Waals surface area (Å²) in [5.74, 6) is -6.54. The van der Waals surface area contributed by atoms with Gasteiger partial charge < -0.3 is 60.2 Å². The van der Waals surface area contributed by atoms with Crippen LogP contribution in [0.2, 0.25) is 0 Å². The van der Waals surface area contributed by atoms with Gasteiger partial charge in [-0.25, -0.2) is 0 Å². The fourth-order valence-corrected chi connectivity index (χ4v) is 6.96. The van der Waals surface area contributed by atoms with Crippen molar-refractivity contribution in [3.05, 3.63) is 35.9 Å². The first-order valence-corrected chi connectivity index (χ1v) is 21.5. The number of rotatable bonds is 15. The highest BCUT2D eigenvalue weighted by atomic mass is 16.2. The van der Waals surface area contributed by atoms with Gasteiger partial charge in [-0.15, -0.1) is 0 Å². The zero-order valence-corrected chi connectivity index (χ0v) is 36.4. The van der Waals surface area contributed by atoms with Gasteiger partial charge in [0.1, 0.15) is 30.2 Å². The minimum atomic E-state index is -1.30. The third-order valence-electron chi connectivity index (χ3n) is 10.4. The molecule has 1 fully saturated rings. The van der Waals surface area contributed by atoms with Crippen molar-refractivity contribution in [1.82, 2.24) is 37.2 Å². The molecule has 19 heteroatoms. The van der Waals surface area contributed by atoms with Gasteiger partial charge in [-0.2, -0.15) is 0 Å². The maximum absolute atomic E-state index is 14.3. The number of Topliss-reactive ketones (excluding diaryl/α,β-unsaturated/α-hetero) is 1. The summed E-state index contributed by atoms with van der Waals surface area (Å²) < 4.78 is 0. The molecule has 1 aliphatic heterocycles. The van der Waals surface area contributed by atoms with Gasteiger partial charge in [0.15, 0.2) is 5.78 Å². The molecule has 1 saturated heterocycles. The number of carbonyl (C=O) groups excluding carboxylic acids is 8. The molecule has 342 valence electrons. The van der Waals surface area contributed by atoms with E-state index in [1.807, 2.05) is 20.8 Å². The smallest absolute Gasteiger partial charge is 0.243 e. The summed E-state index contributed by atoms with van der Waals surface area (Å²) in [7, 11) is 0. The Hall–Kier alpha value is -4.98. The summed E-state index contributed by atoms with van der Waals surface area (Å²) in [6.07, 6.45) is 0.646. The zero-order valence-electron chi connectivity index (χ0n) is 36.4. The number of amides is 7. The van der Waals surface area contributed by atoms with Crippen LogP contribution < -0.4 is 60.2 Å².